The van der Waals surface area contributed by atoms with Crippen LogP contribution in [0.2, 0.25) is 0 Å². The number of aryl methyl sites for hydroxylation is 1. The maximum Gasteiger partial charge on any atom is 0.293 e. The number of hydrogen-bond acceptors (Lipinski definition) is 7. The number of piperidine rings is 1. The summed E-state index contributed by atoms with van der Waals surface area (Å²) >= 11 is 0. The van der Waals surface area contributed by atoms with E-state index in [-0.39, 0.29) is 41.4 Å². The molecule has 0 spiro atoms. The highest BCUT2D eigenvalue weighted by molar-refractivity contribution is 7.89. The zero-order chi connectivity index (χ0) is 23.5. The van der Waals surface area contributed by atoms with Crippen molar-refractivity contribution in [3.8, 4) is 0 Å². The molecule has 0 bridgehead atoms. The highest BCUT2D eigenvalue weighted by Crippen LogP contribution is 2.33. The minimum Gasteiger partial charge on any atom is -0.459 e. The van der Waals surface area contributed by atoms with Crippen LogP contribution in [-0.2, 0) is 10.0 Å². The van der Waals surface area contributed by atoms with E-state index in [0.717, 1.165) is 11.6 Å². The van der Waals surface area contributed by atoms with Gasteiger partial charge in [0.2, 0.25) is 10.0 Å². The SMILES string of the molecule is CCN(CC)S(=O)(=O)c1ccc(N2CCC(NC(=O)c3occc3C)CC2)c([N+](=O)[O-])c1. The Hall–Kier alpha value is -2.92. The molecule has 1 aliphatic heterocycles. The second kappa shape index (κ2) is 9.70. The summed E-state index contributed by atoms with van der Waals surface area (Å²) in [6.45, 7) is 6.79. The predicted octanol–water partition coefficient (Wildman–Crippen LogP) is 2.93. The number of carbonyl (C=O) groups excluding carboxylic acids is 1. The predicted molar refractivity (Wildman–Crippen MR) is 119 cm³/mol. The zero-order valence-electron chi connectivity index (χ0n) is 18.4. The number of anilines is 1. The van der Waals surface area contributed by atoms with Crippen LogP contribution in [0.5, 0.6) is 0 Å². The van der Waals surface area contributed by atoms with Gasteiger partial charge in [-0.25, -0.2) is 8.42 Å². The van der Waals surface area contributed by atoms with Gasteiger partial charge in [-0.1, -0.05) is 13.8 Å². The van der Waals surface area contributed by atoms with Gasteiger partial charge in [0.1, 0.15) is 5.69 Å². The fourth-order valence-corrected chi connectivity index (χ4v) is 5.39. The van der Waals surface area contributed by atoms with Crippen molar-refractivity contribution < 1.29 is 22.6 Å². The largest absolute Gasteiger partial charge is 0.459 e. The van der Waals surface area contributed by atoms with Crippen molar-refractivity contribution in [3.63, 3.8) is 0 Å². The molecule has 1 amide bonds. The Kier molecular flexibility index (Phi) is 7.19. The maximum absolute atomic E-state index is 12.8. The van der Waals surface area contributed by atoms with E-state index in [0.29, 0.717) is 31.6 Å². The van der Waals surface area contributed by atoms with Crippen molar-refractivity contribution >= 4 is 27.3 Å². The smallest absolute Gasteiger partial charge is 0.293 e. The Morgan fingerprint density at radius 3 is 2.44 bits per heavy atom. The summed E-state index contributed by atoms with van der Waals surface area (Å²) in [5, 5.41) is 14.7. The molecule has 1 fully saturated rings. The molecule has 1 aromatic carbocycles. The van der Waals surface area contributed by atoms with Gasteiger partial charge in [-0.05, 0) is 38.0 Å². The third-order valence-electron chi connectivity index (χ3n) is 5.73. The number of nitrogens with one attached hydrogen (secondary N) is 1. The lowest BCUT2D eigenvalue weighted by atomic mass is 10.0. The average Bonchev–Trinajstić information content (AvgIpc) is 3.20. The molecule has 3 rings (SSSR count). The van der Waals surface area contributed by atoms with Crippen LogP contribution in [-0.4, -0.2) is 55.8 Å². The monoisotopic (exact) mass is 464 g/mol. The summed E-state index contributed by atoms with van der Waals surface area (Å²) < 4.78 is 32.0. The Morgan fingerprint density at radius 1 is 1.25 bits per heavy atom. The second-order valence-corrected chi connectivity index (χ2v) is 9.60. The summed E-state index contributed by atoms with van der Waals surface area (Å²) in [7, 11) is -3.80. The fourth-order valence-electron chi connectivity index (χ4n) is 3.91. The van der Waals surface area contributed by atoms with E-state index in [4.69, 9.17) is 4.42 Å². The van der Waals surface area contributed by atoms with Crippen LogP contribution in [0.1, 0.15) is 42.8 Å². The number of rotatable bonds is 8. The summed E-state index contributed by atoms with van der Waals surface area (Å²) in [5.74, 6) is 0.0101. The third kappa shape index (κ3) is 4.78. The van der Waals surface area contributed by atoms with Gasteiger partial charge in [-0.15, -0.1) is 0 Å². The molecular weight excluding hydrogens is 436 g/mol. The van der Waals surface area contributed by atoms with E-state index in [9.17, 15) is 23.3 Å². The molecule has 1 aromatic heterocycles. The lowest BCUT2D eigenvalue weighted by Gasteiger charge is -2.33. The van der Waals surface area contributed by atoms with Crippen LogP contribution in [0, 0.1) is 17.0 Å². The van der Waals surface area contributed by atoms with Gasteiger partial charge in [0, 0.05) is 43.9 Å². The molecule has 0 radical (unpaired) electrons. The second-order valence-electron chi connectivity index (χ2n) is 7.66. The number of amides is 1. The van der Waals surface area contributed by atoms with Gasteiger partial charge in [0.25, 0.3) is 11.6 Å². The van der Waals surface area contributed by atoms with Crippen molar-refractivity contribution in [3.05, 3.63) is 52.0 Å². The summed E-state index contributed by atoms with van der Waals surface area (Å²) in [5.41, 5.74) is 0.891. The molecule has 1 N–H and O–H groups in total. The standard InChI is InChI=1S/C21H28N4O6S/c1-4-24(5-2)32(29,30)17-6-7-18(19(14-17)25(27)28)23-11-8-16(9-12-23)22-21(26)20-15(3)10-13-31-20/h6-7,10,13-14,16H,4-5,8-9,11-12H2,1-3H3,(H,22,26). The normalized spacial score (nSPS) is 15.2. The number of hydrogen-bond donors (Lipinski definition) is 1. The van der Waals surface area contributed by atoms with Crippen molar-refractivity contribution in [1.82, 2.24) is 9.62 Å². The van der Waals surface area contributed by atoms with Crippen molar-refractivity contribution in [2.45, 2.75) is 44.6 Å². The van der Waals surface area contributed by atoms with Crippen LogP contribution in [0.4, 0.5) is 11.4 Å². The van der Waals surface area contributed by atoms with Gasteiger partial charge >= 0.3 is 0 Å². The average molecular weight is 465 g/mol. The highest BCUT2D eigenvalue weighted by atomic mass is 32.2. The summed E-state index contributed by atoms with van der Waals surface area (Å²) in [6.07, 6.45) is 2.67. The Balaban J connectivity index is 1.74. The van der Waals surface area contributed by atoms with Gasteiger partial charge in [0.15, 0.2) is 5.76 Å². The van der Waals surface area contributed by atoms with E-state index in [1.54, 1.807) is 26.8 Å². The quantitative estimate of drug-likeness (QED) is 0.470. The minimum atomic E-state index is -3.80. The molecule has 0 saturated carbocycles. The van der Waals surface area contributed by atoms with E-state index in [2.05, 4.69) is 5.32 Å². The Labute approximate surface area is 187 Å². The molecule has 2 aromatic rings. The highest BCUT2D eigenvalue weighted by Gasteiger charge is 2.30. The molecule has 2 heterocycles. The lowest BCUT2D eigenvalue weighted by Crippen LogP contribution is -2.45. The molecule has 1 saturated heterocycles. The van der Waals surface area contributed by atoms with Crippen LogP contribution in [0.25, 0.3) is 0 Å². The molecule has 0 unspecified atom stereocenters. The van der Waals surface area contributed by atoms with Gasteiger partial charge in [-0.2, -0.15) is 4.31 Å². The topological polar surface area (TPSA) is 126 Å². The summed E-state index contributed by atoms with van der Waals surface area (Å²) in [4.78, 5) is 25.3. The van der Waals surface area contributed by atoms with Gasteiger partial charge in [0.05, 0.1) is 16.1 Å². The first-order valence-electron chi connectivity index (χ1n) is 10.6. The molecule has 11 heteroatoms. The third-order valence-corrected chi connectivity index (χ3v) is 7.77. The molecular formula is C21H28N4O6S. The first-order chi connectivity index (χ1) is 15.2. The molecule has 10 nitrogen and oxygen atoms in total. The molecule has 1 aliphatic rings. The lowest BCUT2D eigenvalue weighted by molar-refractivity contribution is -0.384. The van der Waals surface area contributed by atoms with Crippen LogP contribution in [0.3, 0.4) is 0 Å². The number of nitro groups is 1. The van der Waals surface area contributed by atoms with Crippen LogP contribution < -0.4 is 10.2 Å². The first-order valence-corrected chi connectivity index (χ1v) is 12.0. The van der Waals surface area contributed by atoms with E-state index < -0.39 is 14.9 Å². The number of nitrogens with zero attached hydrogens (tertiary/aromatic N) is 3. The van der Waals surface area contributed by atoms with Crippen molar-refractivity contribution in [2.24, 2.45) is 0 Å². The van der Waals surface area contributed by atoms with E-state index in [1.807, 2.05) is 4.90 Å². The zero-order valence-corrected chi connectivity index (χ0v) is 19.2. The van der Waals surface area contributed by atoms with Gasteiger partial charge < -0.3 is 14.6 Å². The Bertz CT molecular complexity index is 1090. The molecule has 174 valence electrons. The van der Waals surface area contributed by atoms with E-state index >= 15 is 0 Å². The fraction of sp³-hybridized carbons (Fsp3) is 0.476. The minimum absolute atomic E-state index is 0.0791. The van der Waals surface area contributed by atoms with Crippen LogP contribution >= 0.6 is 0 Å². The molecule has 0 atom stereocenters. The number of carbonyl (C=O) groups is 1. The number of sulfonamides is 1. The van der Waals surface area contributed by atoms with Crippen LogP contribution in [0.15, 0.2) is 39.8 Å². The number of nitro benzene ring substituents is 1. The molecule has 32 heavy (non-hydrogen) atoms. The first kappa shape index (κ1) is 23.7. The molecule has 0 aliphatic carbocycles. The van der Waals surface area contributed by atoms with E-state index in [1.165, 1.54) is 22.7 Å². The number of furan rings is 1. The Morgan fingerprint density at radius 2 is 1.91 bits per heavy atom. The van der Waals surface area contributed by atoms with Crippen molar-refractivity contribution in [2.75, 3.05) is 31.1 Å². The number of benzene rings is 1. The summed E-state index contributed by atoms with van der Waals surface area (Å²) in [6, 6.07) is 5.70. The van der Waals surface area contributed by atoms with Gasteiger partial charge in [-0.3, -0.25) is 14.9 Å². The van der Waals surface area contributed by atoms with Crippen molar-refractivity contribution in [1.29, 1.82) is 0 Å². The maximum atomic E-state index is 12.8.